The van der Waals surface area contributed by atoms with E-state index in [0.29, 0.717) is 16.4 Å². The quantitative estimate of drug-likeness (QED) is 0.776. The van der Waals surface area contributed by atoms with Gasteiger partial charge in [0, 0.05) is 10.4 Å². The molecule has 130 valence electrons. The van der Waals surface area contributed by atoms with E-state index in [4.69, 9.17) is 16.3 Å². The lowest BCUT2D eigenvalue weighted by atomic mass is 9.96. The van der Waals surface area contributed by atoms with Crippen LogP contribution >= 0.6 is 22.9 Å². The van der Waals surface area contributed by atoms with Crippen molar-refractivity contribution < 1.29 is 14.3 Å². The molecule has 0 bridgehead atoms. The SMILES string of the molecule is CCOC(=O)Cn1c(=NC(=O)C(C)(C)C)sc2ccc(Cl)c(C)c21. The van der Waals surface area contributed by atoms with E-state index in [1.165, 1.54) is 11.3 Å². The Morgan fingerprint density at radius 2 is 2.00 bits per heavy atom. The van der Waals surface area contributed by atoms with Crippen LogP contribution in [0.25, 0.3) is 10.2 Å². The summed E-state index contributed by atoms with van der Waals surface area (Å²) < 4.78 is 7.68. The first-order chi connectivity index (χ1) is 11.1. The van der Waals surface area contributed by atoms with Gasteiger partial charge in [-0.2, -0.15) is 4.99 Å². The highest BCUT2D eigenvalue weighted by atomic mass is 35.5. The summed E-state index contributed by atoms with van der Waals surface area (Å²) in [5, 5.41) is 0.603. The van der Waals surface area contributed by atoms with Crippen molar-refractivity contribution in [1.29, 1.82) is 0 Å². The van der Waals surface area contributed by atoms with Crippen molar-refractivity contribution in [2.24, 2.45) is 10.4 Å². The molecule has 2 aromatic rings. The number of esters is 1. The molecular weight excluding hydrogens is 348 g/mol. The van der Waals surface area contributed by atoms with Crippen LogP contribution in [0.1, 0.15) is 33.3 Å². The average Bonchev–Trinajstić information content (AvgIpc) is 2.80. The molecule has 1 aromatic carbocycles. The van der Waals surface area contributed by atoms with Gasteiger partial charge >= 0.3 is 5.97 Å². The fraction of sp³-hybridized carbons (Fsp3) is 0.471. The predicted octanol–water partition coefficient (Wildman–Crippen LogP) is 3.70. The Morgan fingerprint density at radius 1 is 1.33 bits per heavy atom. The third-order valence-corrected chi connectivity index (χ3v) is 4.91. The highest BCUT2D eigenvalue weighted by molar-refractivity contribution is 7.16. The lowest BCUT2D eigenvalue weighted by molar-refractivity contribution is -0.143. The van der Waals surface area contributed by atoms with E-state index in [9.17, 15) is 9.59 Å². The molecule has 0 atom stereocenters. The molecule has 0 saturated heterocycles. The minimum Gasteiger partial charge on any atom is -0.465 e. The number of hydrogen-bond donors (Lipinski definition) is 0. The number of nitrogens with zero attached hydrogens (tertiary/aromatic N) is 2. The molecule has 1 aromatic heterocycles. The summed E-state index contributed by atoms with van der Waals surface area (Å²) in [7, 11) is 0. The third kappa shape index (κ3) is 3.87. The maximum atomic E-state index is 12.3. The number of aromatic nitrogens is 1. The van der Waals surface area contributed by atoms with E-state index in [-0.39, 0.29) is 18.4 Å². The molecule has 24 heavy (non-hydrogen) atoms. The highest BCUT2D eigenvalue weighted by Gasteiger charge is 2.22. The largest absolute Gasteiger partial charge is 0.465 e. The van der Waals surface area contributed by atoms with Crippen LogP contribution in [0.5, 0.6) is 0 Å². The van der Waals surface area contributed by atoms with Crippen LogP contribution in [0.15, 0.2) is 17.1 Å². The van der Waals surface area contributed by atoms with E-state index in [0.717, 1.165) is 15.8 Å². The van der Waals surface area contributed by atoms with Gasteiger partial charge in [-0.15, -0.1) is 0 Å². The van der Waals surface area contributed by atoms with Gasteiger partial charge in [-0.3, -0.25) is 9.59 Å². The van der Waals surface area contributed by atoms with Gasteiger partial charge in [0.2, 0.25) is 0 Å². The monoisotopic (exact) mass is 368 g/mol. The maximum absolute atomic E-state index is 12.3. The third-order valence-electron chi connectivity index (χ3n) is 3.46. The van der Waals surface area contributed by atoms with Crippen LogP contribution in [0.2, 0.25) is 5.02 Å². The molecule has 0 spiro atoms. The fourth-order valence-electron chi connectivity index (χ4n) is 2.14. The number of rotatable bonds is 3. The van der Waals surface area contributed by atoms with Crippen LogP contribution in [-0.4, -0.2) is 23.1 Å². The second-order valence-corrected chi connectivity index (χ2v) is 7.88. The maximum Gasteiger partial charge on any atom is 0.326 e. The molecule has 0 N–H and O–H groups in total. The molecule has 0 aliphatic heterocycles. The Bertz CT molecular complexity index is 859. The molecule has 0 saturated carbocycles. The van der Waals surface area contributed by atoms with Gasteiger partial charge in [0.1, 0.15) is 6.54 Å². The molecule has 1 amide bonds. The summed E-state index contributed by atoms with van der Waals surface area (Å²) in [6, 6.07) is 3.68. The van der Waals surface area contributed by atoms with Crippen molar-refractivity contribution in [3.63, 3.8) is 0 Å². The zero-order valence-electron chi connectivity index (χ0n) is 14.5. The van der Waals surface area contributed by atoms with Gasteiger partial charge in [0.05, 0.1) is 16.8 Å². The van der Waals surface area contributed by atoms with Gasteiger partial charge in [0.25, 0.3) is 5.91 Å². The number of benzene rings is 1. The molecule has 7 heteroatoms. The summed E-state index contributed by atoms with van der Waals surface area (Å²) >= 11 is 7.58. The lowest BCUT2D eigenvalue weighted by Gasteiger charge is -2.12. The van der Waals surface area contributed by atoms with Gasteiger partial charge in [-0.1, -0.05) is 43.7 Å². The Hall–Kier alpha value is -1.66. The summed E-state index contributed by atoms with van der Waals surface area (Å²) in [6.45, 7) is 9.36. The van der Waals surface area contributed by atoms with Crippen molar-refractivity contribution in [3.8, 4) is 0 Å². The lowest BCUT2D eigenvalue weighted by Crippen LogP contribution is -2.26. The van der Waals surface area contributed by atoms with E-state index < -0.39 is 5.41 Å². The number of thiazole rings is 1. The van der Waals surface area contributed by atoms with Crippen LogP contribution in [0, 0.1) is 12.3 Å². The molecule has 5 nitrogen and oxygen atoms in total. The molecule has 0 unspecified atom stereocenters. The summed E-state index contributed by atoms with van der Waals surface area (Å²) in [5.74, 6) is -0.614. The number of halogens is 1. The topological polar surface area (TPSA) is 60.7 Å². The van der Waals surface area contributed by atoms with Gasteiger partial charge in [-0.25, -0.2) is 0 Å². The first-order valence-electron chi connectivity index (χ1n) is 7.68. The van der Waals surface area contributed by atoms with E-state index >= 15 is 0 Å². The van der Waals surface area contributed by atoms with Crippen molar-refractivity contribution in [2.75, 3.05) is 6.61 Å². The van der Waals surface area contributed by atoms with Crippen molar-refractivity contribution in [1.82, 2.24) is 4.57 Å². The second-order valence-electron chi connectivity index (χ2n) is 6.46. The van der Waals surface area contributed by atoms with Crippen molar-refractivity contribution in [3.05, 3.63) is 27.5 Å². The molecule has 0 aliphatic rings. The molecule has 0 radical (unpaired) electrons. The van der Waals surface area contributed by atoms with Crippen LogP contribution in [0.4, 0.5) is 0 Å². The molecule has 1 heterocycles. The van der Waals surface area contributed by atoms with E-state index in [1.54, 1.807) is 17.6 Å². The first-order valence-corrected chi connectivity index (χ1v) is 8.87. The van der Waals surface area contributed by atoms with Gasteiger partial charge in [0.15, 0.2) is 4.80 Å². The standard InChI is InChI=1S/C17H21ClN2O3S/c1-6-23-13(21)9-20-14-10(2)11(18)7-8-12(14)24-16(20)19-15(22)17(3,4)5/h7-8H,6,9H2,1-5H3. The number of ether oxygens (including phenoxy) is 1. The second kappa shape index (κ2) is 7.07. The molecule has 0 fully saturated rings. The Balaban J connectivity index is 2.70. The molecule has 2 rings (SSSR count). The van der Waals surface area contributed by atoms with Crippen LogP contribution < -0.4 is 4.80 Å². The zero-order valence-corrected chi connectivity index (χ0v) is 16.0. The smallest absolute Gasteiger partial charge is 0.326 e. The van der Waals surface area contributed by atoms with E-state index in [1.807, 2.05) is 33.8 Å². The number of amides is 1. The average molecular weight is 369 g/mol. The molecule has 0 aliphatic carbocycles. The number of carbonyl (C=O) groups excluding carboxylic acids is 2. The predicted molar refractivity (Wildman–Crippen MR) is 96.2 cm³/mol. The molecular formula is C17H21ClN2O3S. The Morgan fingerprint density at radius 3 is 2.58 bits per heavy atom. The minimum absolute atomic E-state index is 0.00865. The summed E-state index contributed by atoms with van der Waals surface area (Å²) in [4.78, 5) is 29.0. The first kappa shape index (κ1) is 18.7. The van der Waals surface area contributed by atoms with E-state index in [2.05, 4.69) is 4.99 Å². The Kier molecular flexibility index (Phi) is 5.50. The number of aryl methyl sites for hydroxylation is 1. The van der Waals surface area contributed by atoms with Crippen LogP contribution in [0.3, 0.4) is 0 Å². The summed E-state index contributed by atoms with van der Waals surface area (Å²) in [6.07, 6.45) is 0. The highest BCUT2D eigenvalue weighted by Crippen LogP contribution is 2.27. The van der Waals surface area contributed by atoms with Crippen LogP contribution in [-0.2, 0) is 20.9 Å². The zero-order chi connectivity index (χ0) is 18.1. The minimum atomic E-state index is -0.593. The normalized spacial score (nSPS) is 12.7. The van der Waals surface area contributed by atoms with Crippen molar-refractivity contribution >= 4 is 45.0 Å². The number of hydrogen-bond acceptors (Lipinski definition) is 4. The van der Waals surface area contributed by atoms with Gasteiger partial charge < -0.3 is 9.30 Å². The number of carbonyl (C=O) groups is 2. The fourth-order valence-corrected chi connectivity index (χ4v) is 3.38. The van der Waals surface area contributed by atoms with Crippen molar-refractivity contribution in [2.45, 2.75) is 41.2 Å². The summed E-state index contributed by atoms with van der Waals surface area (Å²) in [5.41, 5.74) is 1.06. The number of fused-ring (bicyclic) bond motifs is 1. The van der Waals surface area contributed by atoms with Gasteiger partial charge in [-0.05, 0) is 31.5 Å². The Labute approximate surface area is 149 Å².